The lowest BCUT2D eigenvalue weighted by atomic mass is 9.91. The number of nitrogens with zero attached hydrogens (tertiary/aromatic N) is 5. The van der Waals surface area contributed by atoms with Crippen LogP contribution < -0.4 is 10.9 Å². The topological polar surface area (TPSA) is 110 Å². The highest BCUT2D eigenvalue weighted by Crippen LogP contribution is 2.34. The third-order valence-corrected chi connectivity index (χ3v) is 6.45. The molecule has 0 aliphatic heterocycles. The summed E-state index contributed by atoms with van der Waals surface area (Å²) < 4.78 is 1.86. The second-order valence-electron chi connectivity index (χ2n) is 8.73. The minimum atomic E-state index is -0.226. The van der Waals surface area contributed by atoms with Gasteiger partial charge in [0.1, 0.15) is 11.4 Å². The fourth-order valence-electron chi connectivity index (χ4n) is 4.72. The van der Waals surface area contributed by atoms with Gasteiger partial charge in [-0.25, -0.2) is 16.5 Å². The molecule has 0 unspecified atom stereocenters. The van der Waals surface area contributed by atoms with Gasteiger partial charge in [0.05, 0.1) is 5.52 Å². The van der Waals surface area contributed by atoms with Crippen LogP contribution in [0.4, 0.5) is 11.5 Å². The largest absolute Gasteiger partial charge is 0.338 e. The summed E-state index contributed by atoms with van der Waals surface area (Å²) in [5.74, 6) is 0.572. The maximum absolute atomic E-state index is 12.8. The molecule has 2 atom stereocenters. The van der Waals surface area contributed by atoms with Crippen molar-refractivity contribution in [1.82, 2.24) is 24.7 Å². The summed E-state index contributed by atoms with van der Waals surface area (Å²) in [5.41, 5.74) is 2.24. The van der Waals surface area contributed by atoms with Crippen molar-refractivity contribution in [2.45, 2.75) is 50.6 Å². The molecule has 9 heteroatoms. The molecule has 9 nitrogen and oxygen atoms in total. The van der Waals surface area contributed by atoms with E-state index in [1.54, 1.807) is 24.7 Å². The first-order valence-corrected chi connectivity index (χ1v) is 11.8. The smallest absolute Gasteiger partial charge is 0.261 e. The summed E-state index contributed by atoms with van der Waals surface area (Å²) in [5, 5.41) is 8.56. The van der Waals surface area contributed by atoms with Crippen LogP contribution >= 0.6 is 0 Å². The van der Waals surface area contributed by atoms with Crippen molar-refractivity contribution in [2.75, 3.05) is 5.32 Å². The predicted octanol–water partition coefficient (Wildman–Crippen LogP) is 4.48. The van der Waals surface area contributed by atoms with Crippen LogP contribution in [0.5, 0.6) is 0 Å². The van der Waals surface area contributed by atoms with Crippen molar-refractivity contribution >= 4 is 28.2 Å². The summed E-state index contributed by atoms with van der Waals surface area (Å²) in [6, 6.07) is 11.0. The monoisotopic (exact) mass is 467 g/mol. The van der Waals surface area contributed by atoms with Crippen LogP contribution in [0.25, 0.3) is 15.7 Å². The summed E-state index contributed by atoms with van der Waals surface area (Å²) in [6.45, 7) is 7.63. The first-order valence-electron chi connectivity index (χ1n) is 11.8. The van der Waals surface area contributed by atoms with E-state index in [1.807, 2.05) is 35.0 Å². The number of carbonyl (C=O) groups is 1. The molecule has 1 fully saturated rings. The molecule has 3 heterocycles. The average molecular weight is 468 g/mol. The van der Waals surface area contributed by atoms with Gasteiger partial charge in [-0.3, -0.25) is 14.3 Å². The Kier molecular flexibility index (Phi) is 6.35. The van der Waals surface area contributed by atoms with Crippen LogP contribution in [0.1, 0.15) is 54.3 Å². The molecule has 1 aliphatic carbocycles. The number of pyridine rings is 1. The first-order chi connectivity index (χ1) is 17.1. The summed E-state index contributed by atoms with van der Waals surface area (Å²) >= 11 is 0. The van der Waals surface area contributed by atoms with E-state index in [0.29, 0.717) is 24.0 Å². The highest BCUT2D eigenvalue weighted by molar-refractivity contribution is 5.92. The van der Waals surface area contributed by atoms with Gasteiger partial charge in [-0.05, 0) is 49.1 Å². The Hall–Kier alpha value is -4.32. The molecule has 0 bridgehead atoms. The van der Waals surface area contributed by atoms with Crippen LogP contribution in [-0.4, -0.2) is 36.6 Å². The zero-order valence-electron chi connectivity index (χ0n) is 19.1. The Balaban J connectivity index is 1.40. The Bertz CT molecular complexity index is 1450. The zero-order chi connectivity index (χ0) is 24.2. The standard InChI is InChI=1S/C26H25N7O2/c1-27-19-8-2-3-9-20(19)33-21-12-15-30-26(35)23(21)25(32-33)31-18-7-4-6-17(16-18)10-11-22(34)24-28-13-5-14-29-24/h4-7,12-16,19-20H,2-3,8-11H2,(H,30,35)(H,31,32)/t19-,20-/m1/s1. The summed E-state index contributed by atoms with van der Waals surface area (Å²) in [6.07, 6.45) is 9.37. The Morgan fingerprint density at radius 1 is 1.17 bits per heavy atom. The van der Waals surface area contributed by atoms with Crippen molar-refractivity contribution in [3.63, 3.8) is 0 Å². The number of anilines is 2. The quantitative estimate of drug-likeness (QED) is 0.306. The van der Waals surface area contributed by atoms with Gasteiger partial charge >= 0.3 is 0 Å². The number of rotatable bonds is 7. The third-order valence-electron chi connectivity index (χ3n) is 6.45. The summed E-state index contributed by atoms with van der Waals surface area (Å²) in [4.78, 5) is 39.8. The molecule has 0 radical (unpaired) electrons. The average Bonchev–Trinajstić information content (AvgIpc) is 3.27. The second-order valence-corrected chi connectivity index (χ2v) is 8.73. The van der Waals surface area contributed by atoms with Gasteiger partial charge in [0.2, 0.25) is 6.04 Å². The van der Waals surface area contributed by atoms with E-state index < -0.39 is 0 Å². The lowest BCUT2D eigenvalue weighted by Gasteiger charge is -2.24. The Morgan fingerprint density at radius 3 is 2.83 bits per heavy atom. The molecule has 3 aromatic heterocycles. The number of nitrogens with one attached hydrogen (secondary N) is 2. The Labute approximate surface area is 202 Å². The van der Waals surface area contributed by atoms with Crippen LogP contribution in [0.2, 0.25) is 0 Å². The van der Waals surface area contributed by atoms with E-state index >= 15 is 0 Å². The molecule has 1 aliphatic rings. The van der Waals surface area contributed by atoms with Gasteiger partial charge in [-0.2, -0.15) is 5.10 Å². The number of aromatic amines is 1. The molecule has 1 aromatic carbocycles. The number of Topliss-reactive ketones (excluding diaryl/α,β-unsaturated/α-hetero) is 1. The second kappa shape index (κ2) is 9.89. The van der Waals surface area contributed by atoms with E-state index in [0.717, 1.165) is 42.5 Å². The van der Waals surface area contributed by atoms with Crippen molar-refractivity contribution in [2.24, 2.45) is 0 Å². The summed E-state index contributed by atoms with van der Waals surface area (Å²) in [7, 11) is 0. The van der Waals surface area contributed by atoms with Crippen molar-refractivity contribution in [3.8, 4) is 0 Å². The SMILES string of the molecule is [C-]#[N+][C@@H]1CCCC[C@H]1n1nc(Nc2cccc(CCC(=O)c3ncccn3)c2)c2c(=O)[nH]ccc21. The van der Waals surface area contributed by atoms with Crippen LogP contribution in [0.15, 0.2) is 59.8 Å². The number of fused-ring (bicyclic) bond motifs is 1. The van der Waals surface area contributed by atoms with Crippen molar-refractivity contribution < 1.29 is 4.79 Å². The lowest BCUT2D eigenvalue weighted by molar-refractivity contribution is 0.0972. The Morgan fingerprint density at radius 2 is 2.00 bits per heavy atom. The van der Waals surface area contributed by atoms with E-state index in [4.69, 9.17) is 11.7 Å². The van der Waals surface area contributed by atoms with E-state index in [-0.39, 0.29) is 29.3 Å². The van der Waals surface area contributed by atoms with Gasteiger partial charge in [0.25, 0.3) is 5.56 Å². The van der Waals surface area contributed by atoms with Crippen molar-refractivity contribution in [1.29, 1.82) is 0 Å². The molecule has 0 saturated heterocycles. The molecule has 1 saturated carbocycles. The maximum atomic E-state index is 12.8. The molecule has 176 valence electrons. The third kappa shape index (κ3) is 4.68. The lowest BCUT2D eigenvalue weighted by Crippen LogP contribution is -2.26. The first kappa shape index (κ1) is 22.5. The van der Waals surface area contributed by atoms with E-state index in [9.17, 15) is 9.59 Å². The zero-order valence-corrected chi connectivity index (χ0v) is 19.1. The molecule has 4 aromatic rings. The number of benzene rings is 1. The fourth-order valence-corrected chi connectivity index (χ4v) is 4.72. The number of hydrogen-bond acceptors (Lipinski definition) is 6. The van der Waals surface area contributed by atoms with Crippen molar-refractivity contribution in [3.05, 3.63) is 88.1 Å². The molecular weight excluding hydrogens is 442 g/mol. The number of aromatic nitrogens is 5. The normalized spacial score (nSPS) is 17.7. The van der Waals surface area contributed by atoms with Crippen LogP contribution in [0, 0.1) is 6.57 Å². The van der Waals surface area contributed by atoms with Gasteiger partial charge in [-0.1, -0.05) is 18.6 Å². The minimum absolute atomic E-state index is 0.0568. The number of ketones is 1. The molecule has 2 N–H and O–H groups in total. The molecule has 35 heavy (non-hydrogen) atoms. The number of aryl methyl sites for hydroxylation is 1. The molecule has 0 spiro atoms. The molecular formula is C26H25N7O2. The predicted molar refractivity (Wildman–Crippen MR) is 133 cm³/mol. The van der Waals surface area contributed by atoms with Crippen LogP contribution in [-0.2, 0) is 6.42 Å². The number of H-pyrrole nitrogens is 1. The minimum Gasteiger partial charge on any atom is -0.338 e. The van der Waals surface area contributed by atoms with Gasteiger partial charge in [0.15, 0.2) is 17.4 Å². The maximum Gasteiger partial charge on any atom is 0.261 e. The van der Waals surface area contributed by atoms with Gasteiger partial charge in [-0.15, -0.1) is 0 Å². The van der Waals surface area contributed by atoms with E-state index in [1.165, 1.54) is 0 Å². The number of hydrogen-bond donors (Lipinski definition) is 2. The molecule has 0 amide bonds. The highest BCUT2D eigenvalue weighted by atomic mass is 16.1. The van der Waals surface area contributed by atoms with Crippen LogP contribution in [0.3, 0.4) is 0 Å². The number of carbonyl (C=O) groups excluding carboxylic acids is 1. The molecule has 5 rings (SSSR count). The van der Waals surface area contributed by atoms with Gasteiger partial charge in [0, 0.05) is 37.1 Å². The van der Waals surface area contributed by atoms with Gasteiger partial charge < -0.3 is 15.1 Å². The highest BCUT2D eigenvalue weighted by Gasteiger charge is 2.33. The van der Waals surface area contributed by atoms with E-state index in [2.05, 4.69) is 25.1 Å². The fraction of sp³-hybridized carbons (Fsp3) is 0.308.